The molecule has 29 heavy (non-hydrogen) atoms. The summed E-state index contributed by atoms with van der Waals surface area (Å²) in [5.41, 5.74) is 1.50. The number of methoxy groups -OCH3 is 4. The molecule has 0 heterocycles. The van der Waals surface area contributed by atoms with Gasteiger partial charge >= 0.3 is 0 Å². The minimum Gasteiger partial charge on any atom is -0.496 e. The minimum atomic E-state index is -0.187. The van der Waals surface area contributed by atoms with Gasteiger partial charge in [0.05, 0.1) is 32.9 Å². The fraction of sp³-hybridized carbons (Fsp3) is 0.190. The second-order valence-electron chi connectivity index (χ2n) is 5.62. The highest BCUT2D eigenvalue weighted by atomic mass is 79.9. The molecule has 154 valence electrons. The second-order valence-corrected chi connectivity index (χ2v) is 8.06. The van der Waals surface area contributed by atoms with Crippen molar-refractivity contribution < 1.29 is 23.7 Å². The smallest absolute Gasteiger partial charge is 0.178 e. The summed E-state index contributed by atoms with van der Waals surface area (Å²) in [5.74, 6) is 2.19. The van der Waals surface area contributed by atoms with E-state index in [9.17, 15) is 4.79 Å². The monoisotopic (exact) mass is 588 g/mol. The van der Waals surface area contributed by atoms with Gasteiger partial charge in [-0.1, -0.05) is 15.9 Å². The molecule has 0 saturated heterocycles. The summed E-state index contributed by atoms with van der Waals surface area (Å²) >= 11 is 10.4. The Bertz CT molecular complexity index is 968. The molecule has 0 saturated carbocycles. The summed E-state index contributed by atoms with van der Waals surface area (Å²) in [6.07, 6.45) is 6.33. The maximum Gasteiger partial charge on any atom is 0.178 e. The number of rotatable bonds is 8. The SMILES string of the molecule is COc1cc(Br)c(C=CC(=O)C=Cc2c(OC)cc(OC)c(Br)c2Br)cc1OC. The topological polar surface area (TPSA) is 54.0 Å². The number of benzene rings is 2. The van der Waals surface area contributed by atoms with E-state index in [1.807, 2.05) is 0 Å². The number of hydrogen-bond donors (Lipinski definition) is 0. The van der Waals surface area contributed by atoms with Gasteiger partial charge < -0.3 is 18.9 Å². The van der Waals surface area contributed by atoms with Crippen molar-refractivity contribution >= 4 is 65.7 Å². The molecule has 5 nitrogen and oxygen atoms in total. The third kappa shape index (κ3) is 5.65. The lowest BCUT2D eigenvalue weighted by atomic mass is 10.1. The zero-order chi connectivity index (χ0) is 21.6. The van der Waals surface area contributed by atoms with Crippen LogP contribution in [-0.4, -0.2) is 34.2 Å². The van der Waals surface area contributed by atoms with Crippen LogP contribution in [0.1, 0.15) is 11.1 Å². The number of halogens is 3. The lowest BCUT2D eigenvalue weighted by Crippen LogP contribution is -1.94. The average molecular weight is 591 g/mol. The number of allylic oxidation sites excluding steroid dienone is 2. The quantitative estimate of drug-likeness (QED) is 0.338. The van der Waals surface area contributed by atoms with Gasteiger partial charge in [0.2, 0.25) is 0 Å². The van der Waals surface area contributed by atoms with E-state index < -0.39 is 0 Å². The molecule has 0 aliphatic rings. The third-order valence-electron chi connectivity index (χ3n) is 3.96. The molecule has 0 atom stereocenters. The predicted octanol–water partition coefficient (Wildman–Crippen LogP) is 6.30. The Hall–Kier alpha value is -1.77. The molecule has 0 N–H and O–H groups in total. The summed E-state index contributed by atoms with van der Waals surface area (Å²) in [6.45, 7) is 0. The van der Waals surface area contributed by atoms with Crippen molar-refractivity contribution in [2.24, 2.45) is 0 Å². The number of ketones is 1. The van der Waals surface area contributed by atoms with Gasteiger partial charge in [0.25, 0.3) is 0 Å². The Balaban J connectivity index is 2.28. The van der Waals surface area contributed by atoms with Crippen LogP contribution in [0.25, 0.3) is 12.2 Å². The first-order valence-electron chi connectivity index (χ1n) is 8.27. The number of hydrogen-bond acceptors (Lipinski definition) is 5. The van der Waals surface area contributed by atoms with Crippen LogP contribution >= 0.6 is 47.8 Å². The summed E-state index contributed by atoms with van der Waals surface area (Å²) in [6, 6.07) is 5.32. The summed E-state index contributed by atoms with van der Waals surface area (Å²) in [7, 11) is 6.26. The molecule has 0 aliphatic carbocycles. The Morgan fingerprint density at radius 2 is 1.28 bits per heavy atom. The van der Waals surface area contributed by atoms with E-state index in [0.717, 1.165) is 19.0 Å². The van der Waals surface area contributed by atoms with Gasteiger partial charge in [0.1, 0.15) is 11.5 Å². The fourth-order valence-electron chi connectivity index (χ4n) is 2.46. The Labute approximate surface area is 195 Å². The van der Waals surface area contributed by atoms with Crippen LogP contribution < -0.4 is 18.9 Å². The van der Waals surface area contributed by atoms with Crippen LogP contribution in [0, 0.1) is 0 Å². The van der Waals surface area contributed by atoms with Crippen LogP contribution in [0.2, 0.25) is 0 Å². The van der Waals surface area contributed by atoms with E-state index in [0.29, 0.717) is 28.6 Å². The first kappa shape index (κ1) is 23.5. The molecule has 0 bridgehead atoms. The van der Waals surface area contributed by atoms with Crippen LogP contribution in [0.4, 0.5) is 0 Å². The highest BCUT2D eigenvalue weighted by Crippen LogP contribution is 2.41. The van der Waals surface area contributed by atoms with Gasteiger partial charge in [0.15, 0.2) is 17.3 Å². The van der Waals surface area contributed by atoms with Gasteiger partial charge in [-0.05, 0) is 73.9 Å². The van der Waals surface area contributed by atoms with E-state index >= 15 is 0 Å². The second kappa shape index (κ2) is 10.8. The molecule has 0 aromatic heterocycles. The molecule has 2 rings (SSSR count). The number of carbonyl (C=O) groups is 1. The van der Waals surface area contributed by atoms with Crippen molar-refractivity contribution in [1.82, 2.24) is 0 Å². The largest absolute Gasteiger partial charge is 0.496 e. The Kier molecular flexibility index (Phi) is 8.79. The van der Waals surface area contributed by atoms with E-state index in [1.165, 1.54) is 12.2 Å². The molecule has 2 aromatic carbocycles. The van der Waals surface area contributed by atoms with Gasteiger partial charge in [-0.3, -0.25) is 4.79 Å². The van der Waals surface area contributed by atoms with Crippen molar-refractivity contribution in [3.63, 3.8) is 0 Å². The van der Waals surface area contributed by atoms with E-state index in [1.54, 1.807) is 58.8 Å². The van der Waals surface area contributed by atoms with Gasteiger partial charge in [-0.15, -0.1) is 0 Å². The van der Waals surface area contributed by atoms with Crippen molar-refractivity contribution in [1.29, 1.82) is 0 Å². The molecule has 8 heteroatoms. The summed E-state index contributed by atoms with van der Waals surface area (Å²) < 4.78 is 23.5. The standard InChI is InChI=1S/C21H19Br3O5/c1-26-16-11-19(29-4)21(24)20(23)14(16)8-7-13(25)6-5-12-9-17(27-2)18(28-3)10-15(12)22/h5-11H,1-4H3. The number of ether oxygens (including phenoxy) is 4. The fourth-order valence-corrected chi connectivity index (χ4v) is 3.93. The molecular formula is C21H19Br3O5. The van der Waals surface area contributed by atoms with Crippen LogP contribution in [0.15, 0.2) is 43.8 Å². The summed E-state index contributed by atoms with van der Waals surface area (Å²) in [4.78, 5) is 12.4. The van der Waals surface area contributed by atoms with Crippen molar-refractivity contribution in [2.45, 2.75) is 0 Å². The van der Waals surface area contributed by atoms with Crippen LogP contribution in [0.3, 0.4) is 0 Å². The molecular weight excluding hydrogens is 572 g/mol. The molecule has 0 unspecified atom stereocenters. The lowest BCUT2D eigenvalue weighted by molar-refractivity contribution is -0.110. The van der Waals surface area contributed by atoms with Crippen LogP contribution in [0.5, 0.6) is 23.0 Å². The maximum atomic E-state index is 12.4. The zero-order valence-electron chi connectivity index (χ0n) is 16.2. The Morgan fingerprint density at radius 1 is 0.724 bits per heavy atom. The average Bonchev–Trinajstić information content (AvgIpc) is 2.73. The van der Waals surface area contributed by atoms with Crippen LogP contribution in [-0.2, 0) is 4.79 Å². The molecule has 0 fully saturated rings. The molecule has 2 aromatic rings. The predicted molar refractivity (Wildman–Crippen MR) is 125 cm³/mol. The van der Waals surface area contributed by atoms with Gasteiger partial charge in [-0.25, -0.2) is 0 Å². The lowest BCUT2D eigenvalue weighted by Gasteiger charge is -2.12. The Morgan fingerprint density at radius 3 is 1.86 bits per heavy atom. The normalized spacial score (nSPS) is 11.1. The third-order valence-corrected chi connectivity index (χ3v) is 6.79. The highest BCUT2D eigenvalue weighted by Gasteiger charge is 2.14. The van der Waals surface area contributed by atoms with Crippen molar-refractivity contribution in [3.8, 4) is 23.0 Å². The van der Waals surface area contributed by atoms with Gasteiger partial charge in [0, 0.05) is 20.6 Å². The summed E-state index contributed by atoms with van der Waals surface area (Å²) in [5, 5.41) is 0. The minimum absolute atomic E-state index is 0.187. The first-order valence-corrected chi connectivity index (χ1v) is 10.7. The maximum absolute atomic E-state index is 12.4. The van der Waals surface area contributed by atoms with E-state index in [2.05, 4.69) is 47.8 Å². The van der Waals surface area contributed by atoms with Crippen molar-refractivity contribution in [3.05, 3.63) is 54.9 Å². The van der Waals surface area contributed by atoms with Gasteiger partial charge in [-0.2, -0.15) is 0 Å². The number of carbonyl (C=O) groups excluding carboxylic acids is 1. The molecule has 0 aliphatic heterocycles. The molecule has 0 spiro atoms. The molecule has 0 radical (unpaired) electrons. The van der Waals surface area contributed by atoms with E-state index in [-0.39, 0.29) is 5.78 Å². The first-order chi connectivity index (χ1) is 13.9. The molecule has 0 amide bonds. The van der Waals surface area contributed by atoms with Crippen molar-refractivity contribution in [2.75, 3.05) is 28.4 Å². The zero-order valence-corrected chi connectivity index (χ0v) is 21.0. The highest BCUT2D eigenvalue weighted by molar-refractivity contribution is 9.13. The van der Waals surface area contributed by atoms with E-state index in [4.69, 9.17) is 18.9 Å².